The predicted molar refractivity (Wildman–Crippen MR) is 148 cm³/mol. The summed E-state index contributed by atoms with van der Waals surface area (Å²) in [6.45, 7) is 11.6. The van der Waals surface area contributed by atoms with Crippen molar-refractivity contribution in [3.63, 3.8) is 0 Å². The zero-order chi connectivity index (χ0) is 29.5. The maximum absolute atomic E-state index is 12.6. The minimum atomic E-state index is -1.32. The highest BCUT2D eigenvalue weighted by Gasteiger charge is 2.33. The summed E-state index contributed by atoms with van der Waals surface area (Å²) in [6, 6.07) is 3.26. The number of carbonyl (C=O) groups excluding carboxylic acids is 3. The smallest absolute Gasteiger partial charge is 0.321 e. The molecule has 1 aromatic carbocycles. The summed E-state index contributed by atoms with van der Waals surface area (Å²) in [5, 5.41) is 9.72. The summed E-state index contributed by atoms with van der Waals surface area (Å²) in [6.07, 6.45) is 4.88. The van der Waals surface area contributed by atoms with Crippen molar-refractivity contribution in [1.82, 2.24) is 0 Å². The highest BCUT2D eigenvalue weighted by Crippen LogP contribution is 2.36. The van der Waals surface area contributed by atoms with E-state index < -0.39 is 35.8 Å². The average molecular weight is 550 g/mol. The molecule has 9 heteroatoms. The molecule has 5 atom stereocenters. The molecule has 3 N–H and O–H groups in total. The van der Waals surface area contributed by atoms with Gasteiger partial charge in [0.2, 0.25) is 0 Å². The van der Waals surface area contributed by atoms with Crippen LogP contribution in [0.3, 0.4) is 0 Å². The minimum Gasteiger partial charge on any atom is -0.480 e. The normalized spacial score (nSPS) is 14.9. The number of carbonyl (C=O) groups is 4. The summed E-state index contributed by atoms with van der Waals surface area (Å²) in [5.74, 6) is -3.45. The highest BCUT2D eigenvalue weighted by atomic mass is 16.6. The van der Waals surface area contributed by atoms with Gasteiger partial charge in [0, 0.05) is 25.2 Å². The summed E-state index contributed by atoms with van der Waals surface area (Å²) >= 11 is 0. The van der Waals surface area contributed by atoms with Gasteiger partial charge in [0.15, 0.2) is 11.5 Å². The fraction of sp³-hybridized carbons (Fsp3) is 0.667. The van der Waals surface area contributed by atoms with Crippen LogP contribution < -0.4 is 15.2 Å². The number of aliphatic carboxylic acids is 1. The van der Waals surface area contributed by atoms with Gasteiger partial charge in [-0.05, 0) is 41.9 Å². The van der Waals surface area contributed by atoms with Gasteiger partial charge in [-0.25, -0.2) is 0 Å². The van der Waals surface area contributed by atoms with E-state index in [-0.39, 0.29) is 48.8 Å². The Labute approximate surface area is 232 Å². The third kappa shape index (κ3) is 12.2. The number of ether oxygens (including phenoxy) is 3. The van der Waals surface area contributed by atoms with Crippen LogP contribution in [0.15, 0.2) is 18.2 Å². The molecule has 0 aromatic heterocycles. The lowest BCUT2D eigenvalue weighted by Crippen LogP contribution is -2.40. The molecule has 0 saturated heterocycles. The van der Waals surface area contributed by atoms with E-state index in [0.29, 0.717) is 12.0 Å². The van der Waals surface area contributed by atoms with Crippen molar-refractivity contribution in [2.75, 3.05) is 6.61 Å². The SMILES string of the molecule is CCCCCC(=O)OCC(C)C(c1ccc(OC(=O)CC(C)CC)c(OC(=O)CC(C)CC)c1)[C@H](N)C(=O)O. The van der Waals surface area contributed by atoms with Crippen molar-refractivity contribution >= 4 is 23.9 Å². The molecule has 9 nitrogen and oxygen atoms in total. The standard InChI is InChI=1S/C30H47NO8/c1-7-10-11-12-25(32)37-18-21(6)28(29(31)30(35)36)22-13-14-23(38-26(33)15-19(4)8-2)24(17-22)39-27(34)16-20(5)9-3/h13-14,17,19-21,28-29H,7-12,15-16,18,31H2,1-6H3,(H,35,36)/t19?,20?,21?,28?,29-/m0/s1. The van der Waals surface area contributed by atoms with Gasteiger partial charge in [0.1, 0.15) is 6.04 Å². The van der Waals surface area contributed by atoms with E-state index in [0.717, 1.165) is 32.1 Å². The Morgan fingerprint density at radius 2 is 1.41 bits per heavy atom. The average Bonchev–Trinajstić information content (AvgIpc) is 2.88. The van der Waals surface area contributed by atoms with Crippen LogP contribution in [0, 0.1) is 17.8 Å². The van der Waals surface area contributed by atoms with Crippen LogP contribution in [0.1, 0.15) is 104 Å². The molecule has 0 radical (unpaired) electrons. The number of nitrogens with two attached hydrogens (primary N) is 1. The molecule has 220 valence electrons. The molecule has 0 amide bonds. The Hall–Kier alpha value is -2.94. The number of benzene rings is 1. The molecule has 0 saturated carbocycles. The largest absolute Gasteiger partial charge is 0.480 e. The van der Waals surface area contributed by atoms with Crippen LogP contribution in [0.4, 0.5) is 0 Å². The van der Waals surface area contributed by atoms with E-state index in [2.05, 4.69) is 0 Å². The fourth-order valence-corrected chi connectivity index (χ4v) is 4.05. The van der Waals surface area contributed by atoms with Crippen molar-refractivity contribution < 1.29 is 38.5 Å². The second kappa shape index (κ2) is 17.6. The molecule has 0 aliphatic rings. The number of carboxylic acid groups (broad SMARTS) is 1. The van der Waals surface area contributed by atoms with Gasteiger partial charge >= 0.3 is 23.9 Å². The lowest BCUT2D eigenvalue weighted by atomic mass is 9.82. The van der Waals surface area contributed by atoms with Gasteiger partial charge in [-0.2, -0.15) is 0 Å². The topological polar surface area (TPSA) is 142 Å². The summed E-state index contributed by atoms with van der Waals surface area (Å²) < 4.78 is 16.6. The number of hydrogen-bond donors (Lipinski definition) is 2. The van der Waals surface area contributed by atoms with Gasteiger partial charge in [-0.1, -0.05) is 73.3 Å². The first-order valence-electron chi connectivity index (χ1n) is 14.1. The fourth-order valence-electron chi connectivity index (χ4n) is 4.05. The third-order valence-corrected chi connectivity index (χ3v) is 7.00. The van der Waals surface area contributed by atoms with Crippen LogP contribution in [-0.4, -0.2) is 41.6 Å². The molecule has 0 fully saturated rings. The number of rotatable bonds is 18. The second-order valence-corrected chi connectivity index (χ2v) is 10.6. The van der Waals surface area contributed by atoms with Crippen molar-refractivity contribution in [2.45, 2.75) is 105 Å². The molecule has 0 aliphatic heterocycles. The van der Waals surface area contributed by atoms with Crippen LogP contribution in [-0.2, 0) is 23.9 Å². The Morgan fingerprint density at radius 3 is 1.92 bits per heavy atom. The molecule has 0 aliphatic carbocycles. The predicted octanol–water partition coefficient (Wildman–Crippen LogP) is 5.62. The van der Waals surface area contributed by atoms with E-state index in [1.807, 2.05) is 34.6 Å². The van der Waals surface area contributed by atoms with Gasteiger partial charge < -0.3 is 25.1 Å². The van der Waals surface area contributed by atoms with Gasteiger partial charge in [-0.15, -0.1) is 0 Å². The number of unbranched alkanes of at least 4 members (excludes halogenated alkanes) is 2. The third-order valence-electron chi connectivity index (χ3n) is 7.00. The molecular weight excluding hydrogens is 502 g/mol. The van der Waals surface area contributed by atoms with Crippen molar-refractivity contribution in [3.05, 3.63) is 23.8 Å². The number of carboxylic acids is 1. The first-order valence-corrected chi connectivity index (χ1v) is 14.1. The monoisotopic (exact) mass is 549 g/mol. The molecular formula is C30H47NO8. The molecule has 1 rings (SSSR count). The molecule has 39 heavy (non-hydrogen) atoms. The maximum atomic E-state index is 12.6. The number of hydrogen-bond acceptors (Lipinski definition) is 8. The quantitative estimate of drug-likeness (QED) is 0.135. The maximum Gasteiger partial charge on any atom is 0.321 e. The molecule has 0 spiro atoms. The van der Waals surface area contributed by atoms with Gasteiger partial charge in [0.25, 0.3) is 0 Å². The van der Waals surface area contributed by atoms with Crippen LogP contribution in [0.25, 0.3) is 0 Å². The molecule has 0 bridgehead atoms. The summed E-state index contributed by atoms with van der Waals surface area (Å²) in [5.41, 5.74) is 6.55. The van der Waals surface area contributed by atoms with E-state index >= 15 is 0 Å². The molecule has 1 aromatic rings. The summed E-state index contributed by atoms with van der Waals surface area (Å²) in [4.78, 5) is 49.2. The number of esters is 3. The second-order valence-electron chi connectivity index (χ2n) is 10.6. The lowest BCUT2D eigenvalue weighted by molar-refractivity contribution is -0.145. The Balaban J connectivity index is 3.30. The van der Waals surface area contributed by atoms with Gasteiger partial charge in [-0.3, -0.25) is 19.2 Å². The van der Waals surface area contributed by atoms with E-state index in [1.54, 1.807) is 13.0 Å². The summed E-state index contributed by atoms with van der Waals surface area (Å²) in [7, 11) is 0. The van der Waals surface area contributed by atoms with E-state index in [1.165, 1.54) is 12.1 Å². The molecule has 0 heterocycles. The Bertz CT molecular complexity index is 947. The zero-order valence-corrected chi connectivity index (χ0v) is 24.4. The highest BCUT2D eigenvalue weighted by molar-refractivity contribution is 5.77. The van der Waals surface area contributed by atoms with E-state index in [4.69, 9.17) is 19.9 Å². The molecule has 4 unspecified atom stereocenters. The van der Waals surface area contributed by atoms with Crippen molar-refractivity contribution in [1.29, 1.82) is 0 Å². The van der Waals surface area contributed by atoms with Crippen molar-refractivity contribution in [2.24, 2.45) is 23.5 Å². The van der Waals surface area contributed by atoms with Gasteiger partial charge in [0.05, 0.1) is 6.61 Å². The van der Waals surface area contributed by atoms with Crippen LogP contribution in [0.5, 0.6) is 11.5 Å². The first kappa shape index (κ1) is 34.1. The Kier molecular flexibility index (Phi) is 15.4. The minimum absolute atomic E-state index is 0.0182. The first-order chi connectivity index (χ1) is 18.4. The Morgan fingerprint density at radius 1 is 0.846 bits per heavy atom. The van der Waals surface area contributed by atoms with Crippen molar-refractivity contribution in [3.8, 4) is 11.5 Å². The zero-order valence-electron chi connectivity index (χ0n) is 24.4. The van der Waals surface area contributed by atoms with Crippen LogP contribution in [0.2, 0.25) is 0 Å². The van der Waals surface area contributed by atoms with Crippen LogP contribution >= 0.6 is 0 Å². The van der Waals surface area contributed by atoms with E-state index in [9.17, 15) is 24.3 Å². The lowest BCUT2D eigenvalue weighted by Gasteiger charge is -2.28.